The van der Waals surface area contributed by atoms with Crippen LogP contribution in [0.2, 0.25) is 5.02 Å². The van der Waals surface area contributed by atoms with E-state index in [0.29, 0.717) is 17.1 Å². The predicted octanol–water partition coefficient (Wildman–Crippen LogP) is 2.04. The van der Waals surface area contributed by atoms with Gasteiger partial charge in [0.05, 0.1) is 0 Å². The summed E-state index contributed by atoms with van der Waals surface area (Å²) in [4.78, 5) is 16.7. The van der Waals surface area contributed by atoms with Gasteiger partial charge in [-0.05, 0) is 42.6 Å². The first-order chi connectivity index (χ1) is 11.6. The summed E-state index contributed by atoms with van der Waals surface area (Å²) in [5.41, 5.74) is 4.76. The average Bonchev–Trinajstić information content (AvgIpc) is 2.60. The van der Waals surface area contributed by atoms with Crippen molar-refractivity contribution in [2.75, 3.05) is 6.54 Å². The van der Waals surface area contributed by atoms with Gasteiger partial charge in [0.2, 0.25) is 0 Å². The van der Waals surface area contributed by atoms with Crippen molar-refractivity contribution in [2.24, 2.45) is 0 Å². The van der Waals surface area contributed by atoms with E-state index in [4.69, 9.17) is 11.6 Å². The summed E-state index contributed by atoms with van der Waals surface area (Å²) in [6, 6.07) is 6.81. The Labute approximate surface area is 146 Å². The van der Waals surface area contributed by atoms with Crippen LogP contribution in [0.25, 0.3) is 0 Å². The molecule has 1 unspecified atom stereocenters. The number of hydrogen-bond donors (Lipinski definition) is 3. The van der Waals surface area contributed by atoms with Gasteiger partial charge in [-0.3, -0.25) is 9.78 Å². The van der Waals surface area contributed by atoms with Gasteiger partial charge in [-0.1, -0.05) is 29.8 Å². The minimum absolute atomic E-state index is 0.350. The van der Waals surface area contributed by atoms with Gasteiger partial charge in [0.15, 0.2) is 6.10 Å². The fourth-order valence-corrected chi connectivity index (χ4v) is 3.23. The Balaban J connectivity index is 1.74. The zero-order valence-electron chi connectivity index (χ0n) is 13.5. The van der Waals surface area contributed by atoms with E-state index in [1.54, 1.807) is 24.3 Å². The molecule has 0 spiro atoms. The predicted molar refractivity (Wildman–Crippen MR) is 92.6 cm³/mol. The number of benzene rings is 1. The Bertz CT molecular complexity index is 764. The number of pyridine rings is 1. The lowest BCUT2D eigenvalue weighted by Gasteiger charge is -2.22. The van der Waals surface area contributed by atoms with Gasteiger partial charge in [0.1, 0.15) is 0 Å². The number of hydrogen-bond acceptors (Lipinski definition) is 4. The fourth-order valence-electron chi connectivity index (χ4n) is 2.99. The Kier molecular flexibility index (Phi) is 5.14. The Hall–Kier alpha value is -1.95. The highest BCUT2D eigenvalue weighted by Crippen LogP contribution is 2.24. The van der Waals surface area contributed by atoms with E-state index in [1.807, 2.05) is 13.1 Å². The number of fused-ring (bicyclic) bond motifs is 1. The largest absolute Gasteiger partial charge is 0.378 e. The average molecular weight is 346 g/mol. The molecule has 2 aromatic rings. The van der Waals surface area contributed by atoms with E-state index >= 15 is 0 Å². The fraction of sp³-hybridized carbons (Fsp3) is 0.333. The van der Waals surface area contributed by atoms with Crippen LogP contribution in [0.1, 0.15) is 34.1 Å². The van der Waals surface area contributed by atoms with E-state index in [9.17, 15) is 9.90 Å². The maximum absolute atomic E-state index is 12.3. The van der Waals surface area contributed by atoms with E-state index in [2.05, 4.69) is 15.6 Å². The maximum Gasteiger partial charge on any atom is 0.253 e. The third-order valence-corrected chi connectivity index (χ3v) is 4.70. The molecule has 1 atom stereocenters. The molecule has 0 saturated heterocycles. The molecule has 5 nitrogen and oxygen atoms in total. The zero-order valence-corrected chi connectivity index (χ0v) is 14.2. The van der Waals surface area contributed by atoms with E-state index in [0.717, 1.165) is 30.8 Å². The minimum atomic E-state index is -1.28. The quantitative estimate of drug-likeness (QED) is 0.792. The lowest BCUT2D eigenvalue weighted by Crippen LogP contribution is -2.31. The molecule has 1 aromatic heterocycles. The molecule has 0 fully saturated rings. The molecule has 2 heterocycles. The Morgan fingerprint density at radius 2 is 2.25 bits per heavy atom. The van der Waals surface area contributed by atoms with Crippen LogP contribution in [-0.2, 0) is 24.3 Å². The molecular weight excluding hydrogens is 326 g/mol. The van der Waals surface area contributed by atoms with Crippen LogP contribution in [0.3, 0.4) is 0 Å². The number of rotatable bonds is 4. The first-order valence-electron chi connectivity index (χ1n) is 7.95. The monoisotopic (exact) mass is 345 g/mol. The second-order valence-electron chi connectivity index (χ2n) is 5.89. The molecule has 0 bridgehead atoms. The molecule has 1 aliphatic rings. The summed E-state index contributed by atoms with van der Waals surface area (Å²) in [5, 5.41) is 16.7. The molecule has 3 rings (SSSR count). The number of amides is 1. The third-order valence-electron chi connectivity index (χ3n) is 4.36. The number of aromatic nitrogens is 1. The molecule has 1 aromatic carbocycles. The number of halogens is 1. The van der Waals surface area contributed by atoms with Crippen molar-refractivity contribution in [1.29, 1.82) is 0 Å². The van der Waals surface area contributed by atoms with E-state index < -0.39 is 12.0 Å². The van der Waals surface area contributed by atoms with E-state index in [-0.39, 0.29) is 0 Å². The Morgan fingerprint density at radius 3 is 3.04 bits per heavy atom. The number of aryl methyl sites for hydroxylation is 1. The second-order valence-corrected chi connectivity index (χ2v) is 6.30. The molecule has 0 aliphatic carbocycles. The Morgan fingerprint density at radius 1 is 1.46 bits per heavy atom. The number of aliphatic hydroxyl groups is 1. The molecule has 6 heteroatoms. The van der Waals surface area contributed by atoms with Gasteiger partial charge in [0, 0.05) is 35.6 Å². The van der Waals surface area contributed by atoms with Gasteiger partial charge in [-0.25, -0.2) is 0 Å². The molecular formula is C18H20ClN3O2. The van der Waals surface area contributed by atoms with Crippen molar-refractivity contribution in [1.82, 2.24) is 15.6 Å². The third kappa shape index (κ3) is 3.43. The van der Waals surface area contributed by atoms with Crippen molar-refractivity contribution in [3.05, 3.63) is 63.4 Å². The summed E-state index contributed by atoms with van der Waals surface area (Å²) < 4.78 is 0. The smallest absolute Gasteiger partial charge is 0.253 e. The second kappa shape index (κ2) is 7.30. The number of carbonyl (C=O) groups excluding carboxylic acids is 1. The first-order valence-corrected chi connectivity index (χ1v) is 8.33. The molecule has 0 radical (unpaired) electrons. The van der Waals surface area contributed by atoms with Crippen LogP contribution in [0.15, 0.2) is 30.5 Å². The van der Waals surface area contributed by atoms with Gasteiger partial charge in [0.25, 0.3) is 5.91 Å². The van der Waals surface area contributed by atoms with Crippen molar-refractivity contribution < 1.29 is 9.90 Å². The summed E-state index contributed by atoms with van der Waals surface area (Å²) in [6.07, 6.45) is 1.52. The van der Waals surface area contributed by atoms with Crippen LogP contribution >= 0.6 is 11.6 Å². The normalized spacial score (nSPS) is 14.8. The maximum atomic E-state index is 12.3. The van der Waals surface area contributed by atoms with E-state index in [1.165, 1.54) is 11.1 Å². The number of nitrogens with one attached hydrogen (secondary N) is 2. The minimum Gasteiger partial charge on any atom is -0.378 e. The standard InChI is InChI=1S/C18H20ClN3O2/c1-11-15(13-6-7-20-8-12(13)9-21-11)10-22-18(24)17(23)14-4-2-3-5-16(14)19/h2-5,9,17,20,23H,6-8,10H2,1H3,(H,22,24). The highest BCUT2D eigenvalue weighted by atomic mass is 35.5. The summed E-state index contributed by atoms with van der Waals surface area (Å²) >= 11 is 6.04. The molecule has 3 N–H and O–H groups in total. The number of nitrogens with zero attached hydrogens (tertiary/aromatic N) is 1. The first kappa shape index (κ1) is 16.9. The van der Waals surface area contributed by atoms with Crippen molar-refractivity contribution in [3.8, 4) is 0 Å². The highest BCUT2D eigenvalue weighted by Gasteiger charge is 2.21. The van der Waals surface area contributed by atoms with Gasteiger partial charge >= 0.3 is 0 Å². The lowest BCUT2D eigenvalue weighted by atomic mass is 9.96. The lowest BCUT2D eigenvalue weighted by molar-refractivity contribution is -0.129. The van der Waals surface area contributed by atoms with Crippen LogP contribution in [0, 0.1) is 6.92 Å². The van der Waals surface area contributed by atoms with Crippen molar-refractivity contribution in [2.45, 2.75) is 32.5 Å². The molecule has 24 heavy (non-hydrogen) atoms. The summed E-state index contributed by atoms with van der Waals surface area (Å²) in [7, 11) is 0. The number of carbonyl (C=O) groups is 1. The van der Waals surface area contributed by atoms with Crippen LogP contribution in [0.4, 0.5) is 0 Å². The van der Waals surface area contributed by atoms with Gasteiger partial charge in [-0.2, -0.15) is 0 Å². The van der Waals surface area contributed by atoms with Gasteiger partial charge in [-0.15, -0.1) is 0 Å². The SMILES string of the molecule is Cc1ncc2c(c1CNC(=O)C(O)c1ccccc1Cl)CCNC2. The van der Waals surface area contributed by atoms with Crippen molar-refractivity contribution in [3.63, 3.8) is 0 Å². The molecule has 1 amide bonds. The van der Waals surface area contributed by atoms with Crippen LogP contribution in [-0.4, -0.2) is 22.5 Å². The van der Waals surface area contributed by atoms with Crippen LogP contribution in [0.5, 0.6) is 0 Å². The summed E-state index contributed by atoms with van der Waals surface area (Å²) in [5.74, 6) is -0.464. The van der Waals surface area contributed by atoms with Crippen LogP contribution < -0.4 is 10.6 Å². The topological polar surface area (TPSA) is 74.2 Å². The van der Waals surface area contributed by atoms with Crippen molar-refractivity contribution >= 4 is 17.5 Å². The highest BCUT2D eigenvalue weighted by molar-refractivity contribution is 6.31. The summed E-state index contributed by atoms with van der Waals surface area (Å²) in [6.45, 7) is 4.00. The number of aliphatic hydroxyl groups excluding tert-OH is 1. The molecule has 0 saturated carbocycles. The zero-order chi connectivity index (χ0) is 17.1. The molecule has 126 valence electrons. The molecule has 1 aliphatic heterocycles. The van der Waals surface area contributed by atoms with Gasteiger partial charge < -0.3 is 15.7 Å².